The monoisotopic (exact) mass is 444 g/mol. The third-order valence-electron chi connectivity index (χ3n) is 5.69. The molecule has 0 atom stereocenters. The average Bonchev–Trinajstić information content (AvgIpc) is 2.82. The molecule has 32 heavy (non-hydrogen) atoms. The van der Waals surface area contributed by atoms with E-state index in [0.717, 1.165) is 51.5 Å². The van der Waals surface area contributed by atoms with Crippen LogP contribution in [-0.2, 0) is 17.7 Å². The molecule has 1 heterocycles. The quantitative estimate of drug-likeness (QED) is 0.333. The molecule has 0 spiro atoms. The molecule has 0 amide bonds. The maximum atomic E-state index is 13.7. The summed E-state index contributed by atoms with van der Waals surface area (Å²) in [4.78, 5) is 6.66. The molecule has 1 saturated heterocycles. The zero-order valence-corrected chi connectivity index (χ0v) is 18.8. The van der Waals surface area contributed by atoms with Gasteiger partial charge in [-0.1, -0.05) is 42.5 Å². The van der Waals surface area contributed by atoms with E-state index in [1.807, 2.05) is 0 Å². The molecule has 2 aromatic carbocycles. The van der Waals surface area contributed by atoms with Crippen molar-refractivity contribution in [2.45, 2.75) is 38.3 Å². The van der Waals surface area contributed by atoms with E-state index < -0.39 is 11.6 Å². The predicted octanol–water partition coefficient (Wildman–Crippen LogP) is 3.74. The summed E-state index contributed by atoms with van der Waals surface area (Å²) in [6.07, 6.45) is 3.74. The molecule has 0 radical (unpaired) electrons. The standard InChI is InChI=1S/C25H34F2N4O/c1-28-25(30-15-11-21-9-5-10-23(26)24(21)27)29-14-6-18-32-22-12-16-31(17-13-22)19-20-7-3-2-4-8-20/h2-5,7-10,22H,6,11-19H2,1H3,(H2,28,29,30). The molecular formula is C25H34F2N4O. The second-order valence-corrected chi connectivity index (χ2v) is 8.07. The van der Waals surface area contributed by atoms with Crippen LogP contribution in [-0.4, -0.2) is 56.8 Å². The highest BCUT2D eigenvalue weighted by Crippen LogP contribution is 2.16. The molecule has 1 fully saturated rings. The van der Waals surface area contributed by atoms with Gasteiger partial charge in [0, 0.05) is 46.4 Å². The minimum atomic E-state index is -0.813. The molecule has 2 N–H and O–H groups in total. The Labute approximate surface area is 189 Å². The fourth-order valence-electron chi connectivity index (χ4n) is 3.88. The summed E-state index contributed by atoms with van der Waals surface area (Å²) in [5, 5.41) is 6.37. The molecule has 1 aliphatic rings. The average molecular weight is 445 g/mol. The lowest BCUT2D eigenvalue weighted by molar-refractivity contribution is 0.00534. The molecule has 0 saturated carbocycles. The van der Waals surface area contributed by atoms with Crippen LogP contribution in [0.3, 0.4) is 0 Å². The smallest absolute Gasteiger partial charge is 0.190 e. The zero-order valence-electron chi connectivity index (χ0n) is 18.8. The van der Waals surface area contributed by atoms with E-state index >= 15 is 0 Å². The van der Waals surface area contributed by atoms with Gasteiger partial charge in [0.1, 0.15) is 0 Å². The van der Waals surface area contributed by atoms with Gasteiger partial charge >= 0.3 is 0 Å². The van der Waals surface area contributed by atoms with Gasteiger partial charge in [0.05, 0.1) is 6.10 Å². The van der Waals surface area contributed by atoms with Crippen molar-refractivity contribution in [3.05, 3.63) is 71.3 Å². The van der Waals surface area contributed by atoms with Gasteiger partial charge in [0.25, 0.3) is 0 Å². The number of nitrogens with one attached hydrogen (secondary N) is 2. The fourth-order valence-corrected chi connectivity index (χ4v) is 3.88. The number of aliphatic imine (C=N–C) groups is 1. The van der Waals surface area contributed by atoms with Crippen LogP contribution in [0.5, 0.6) is 0 Å². The number of hydrogen-bond acceptors (Lipinski definition) is 3. The number of nitrogens with zero attached hydrogens (tertiary/aromatic N) is 2. The van der Waals surface area contributed by atoms with Crippen LogP contribution in [0.1, 0.15) is 30.4 Å². The number of likely N-dealkylation sites (tertiary alicyclic amines) is 1. The van der Waals surface area contributed by atoms with Crippen LogP contribution < -0.4 is 10.6 Å². The summed E-state index contributed by atoms with van der Waals surface area (Å²) in [6, 6.07) is 14.8. The minimum absolute atomic E-state index is 0.334. The number of halogens is 2. The molecule has 3 rings (SSSR count). The van der Waals surface area contributed by atoms with Crippen LogP contribution in [0.25, 0.3) is 0 Å². The van der Waals surface area contributed by atoms with Crippen LogP contribution in [0.4, 0.5) is 8.78 Å². The van der Waals surface area contributed by atoms with E-state index in [2.05, 4.69) is 50.9 Å². The van der Waals surface area contributed by atoms with E-state index in [1.54, 1.807) is 13.1 Å². The Hall–Kier alpha value is -2.51. The van der Waals surface area contributed by atoms with Crippen molar-refractivity contribution < 1.29 is 13.5 Å². The lowest BCUT2D eigenvalue weighted by Crippen LogP contribution is -2.39. The normalized spacial score (nSPS) is 15.7. The first-order chi connectivity index (χ1) is 15.7. The van der Waals surface area contributed by atoms with Gasteiger partial charge in [-0.15, -0.1) is 0 Å². The molecule has 1 aliphatic heterocycles. The maximum Gasteiger partial charge on any atom is 0.190 e. The molecule has 0 bridgehead atoms. The predicted molar refractivity (Wildman–Crippen MR) is 125 cm³/mol. The largest absolute Gasteiger partial charge is 0.378 e. The number of ether oxygens (including phenoxy) is 1. The fraction of sp³-hybridized carbons (Fsp3) is 0.480. The third-order valence-corrected chi connectivity index (χ3v) is 5.69. The van der Waals surface area contributed by atoms with Gasteiger partial charge < -0.3 is 15.4 Å². The Morgan fingerprint density at radius 1 is 1.03 bits per heavy atom. The summed E-state index contributed by atoms with van der Waals surface area (Å²) in [5.41, 5.74) is 1.72. The van der Waals surface area contributed by atoms with Crippen molar-refractivity contribution in [1.29, 1.82) is 0 Å². The molecule has 5 nitrogen and oxygen atoms in total. The summed E-state index contributed by atoms with van der Waals surface area (Å²) >= 11 is 0. The van der Waals surface area contributed by atoms with Gasteiger partial charge in [-0.25, -0.2) is 8.78 Å². The highest BCUT2D eigenvalue weighted by molar-refractivity contribution is 5.79. The van der Waals surface area contributed by atoms with E-state index in [9.17, 15) is 8.78 Å². The van der Waals surface area contributed by atoms with Gasteiger partial charge in [0.2, 0.25) is 0 Å². The van der Waals surface area contributed by atoms with Gasteiger partial charge in [-0.05, 0) is 42.9 Å². The van der Waals surface area contributed by atoms with Crippen molar-refractivity contribution >= 4 is 5.96 Å². The number of rotatable bonds is 10. The number of guanidine groups is 1. The van der Waals surface area contributed by atoms with Gasteiger partial charge in [-0.2, -0.15) is 0 Å². The first-order valence-electron chi connectivity index (χ1n) is 11.4. The van der Waals surface area contributed by atoms with Crippen LogP contribution >= 0.6 is 0 Å². The van der Waals surface area contributed by atoms with E-state index in [-0.39, 0.29) is 0 Å². The molecule has 2 aromatic rings. The van der Waals surface area contributed by atoms with Crippen molar-refractivity contribution in [3.8, 4) is 0 Å². The van der Waals surface area contributed by atoms with Crippen molar-refractivity contribution in [3.63, 3.8) is 0 Å². The van der Waals surface area contributed by atoms with E-state index in [4.69, 9.17) is 4.74 Å². The highest BCUT2D eigenvalue weighted by atomic mass is 19.2. The topological polar surface area (TPSA) is 48.9 Å². The summed E-state index contributed by atoms with van der Waals surface area (Å²) in [7, 11) is 1.69. The number of hydrogen-bond donors (Lipinski definition) is 2. The second kappa shape index (κ2) is 13.1. The SMILES string of the molecule is CN=C(NCCCOC1CCN(Cc2ccccc2)CC1)NCCc1cccc(F)c1F. The van der Waals surface area contributed by atoms with Gasteiger partial charge in [-0.3, -0.25) is 9.89 Å². The van der Waals surface area contributed by atoms with Crippen LogP contribution in [0.2, 0.25) is 0 Å². The number of piperidine rings is 1. The summed E-state index contributed by atoms with van der Waals surface area (Å²) in [6.45, 7) is 5.07. The summed E-state index contributed by atoms with van der Waals surface area (Å²) in [5.74, 6) is -0.941. The molecule has 0 aromatic heterocycles. The summed E-state index contributed by atoms with van der Waals surface area (Å²) < 4.78 is 33.0. The minimum Gasteiger partial charge on any atom is -0.378 e. The molecule has 0 aliphatic carbocycles. The first-order valence-corrected chi connectivity index (χ1v) is 11.4. The molecule has 0 unspecified atom stereocenters. The Balaban J connectivity index is 1.24. The van der Waals surface area contributed by atoms with E-state index in [1.165, 1.54) is 11.6 Å². The molecular weight excluding hydrogens is 410 g/mol. The third kappa shape index (κ3) is 7.88. The Morgan fingerprint density at radius 3 is 2.53 bits per heavy atom. The van der Waals surface area contributed by atoms with Gasteiger partial charge in [0.15, 0.2) is 17.6 Å². The Kier molecular flexibility index (Phi) is 9.91. The Bertz CT molecular complexity index is 839. The van der Waals surface area contributed by atoms with Crippen LogP contribution in [0, 0.1) is 11.6 Å². The van der Waals surface area contributed by atoms with Crippen LogP contribution in [0.15, 0.2) is 53.5 Å². The Morgan fingerprint density at radius 2 is 1.78 bits per heavy atom. The van der Waals surface area contributed by atoms with Crippen molar-refractivity contribution in [2.24, 2.45) is 4.99 Å². The molecule has 174 valence electrons. The first kappa shape index (κ1) is 24.1. The molecule has 7 heteroatoms. The second-order valence-electron chi connectivity index (χ2n) is 8.07. The maximum absolute atomic E-state index is 13.7. The van der Waals surface area contributed by atoms with Crippen molar-refractivity contribution in [1.82, 2.24) is 15.5 Å². The zero-order chi connectivity index (χ0) is 22.6. The highest BCUT2D eigenvalue weighted by Gasteiger charge is 2.19. The lowest BCUT2D eigenvalue weighted by Gasteiger charge is -2.32. The number of benzene rings is 2. The van der Waals surface area contributed by atoms with E-state index in [0.29, 0.717) is 37.2 Å². The van der Waals surface area contributed by atoms with Crippen molar-refractivity contribution in [2.75, 3.05) is 39.8 Å². The lowest BCUT2D eigenvalue weighted by atomic mass is 10.1.